The van der Waals surface area contributed by atoms with E-state index in [1.54, 1.807) is 7.11 Å². The van der Waals surface area contributed by atoms with Crippen LogP contribution in [0.15, 0.2) is 4.47 Å². The van der Waals surface area contributed by atoms with Gasteiger partial charge in [0.1, 0.15) is 0 Å². The maximum absolute atomic E-state index is 5.24. The molecule has 1 unspecified atom stereocenters. The molecule has 0 bridgehead atoms. The van der Waals surface area contributed by atoms with Crippen LogP contribution in [0.2, 0.25) is 0 Å². The van der Waals surface area contributed by atoms with Gasteiger partial charge in [0.05, 0.1) is 22.5 Å². The van der Waals surface area contributed by atoms with Crippen molar-refractivity contribution in [3.63, 3.8) is 0 Å². The number of rotatable bonds is 7. The lowest BCUT2D eigenvalue weighted by molar-refractivity contribution is 0.0965. The number of ether oxygens (including phenoxy) is 1. The van der Waals surface area contributed by atoms with Crippen LogP contribution in [0.5, 0.6) is 0 Å². The summed E-state index contributed by atoms with van der Waals surface area (Å²) in [5.41, 5.74) is 2.36. The summed E-state index contributed by atoms with van der Waals surface area (Å²) in [5, 5.41) is 4.53. The zero-order valence-corrected chi connectivity index (χ0v) is 13.6. The fraction of sp³-hybridized carbons (Fsp3) is 0.769. The zero-order chi connectivity index (χ0) is 13.7. The maximum Gasteiger partial charge on any atom is 0.0767 e. The van der Waals surface area contributed by atoms with Gasteiger partial charge in [0, 0.05) is 26.7 Å². The van der Waals surface area contributed by atoms with Crippen molar-refractivity contribution in [2.45, 2.75) is 39.8 Å². The van der Waals surface area contributed by atoms with Gasteiger partial charge in [-0.2, -0.15) is 5.10 Å². The zero-order valence-electron chi connectivity index (χ0n) is 12.0. The third-order valence-corrected chi connectivity index (χ3v) is 4.21. The second-order valence-electron chi connectivity index (χ2n) is 4.55. The summed E-state index contributed by atoms with van der Waals surface area (Å²) in [5.74, 6) is 0. The molecular formula is C13H24BrN3O. The molecule has 0 N–H and O–H groups in total. The Morgan fingerprint density at radius 1 is 1.44 bits per heavy atom. The van der Waals surface area contributed by atoms with Crippen molar-refractivity contribution in [2.75, 3.05) is 20.3 Å². The Kier molecular flexibility index (Phi) is 6.32. The Balaban J connectivity index is 2.84. The van der Waals surface area contributed by atoms with Crippen molar-refractivity contribution in [3.05, 3.63) is 15.9 Å². The van der Waals surface area contributed by atoms with Crippen molar-refractivity contribution >= 4 is 15.9 Å². The average molecular weight is 318 g/mol. The Morgan fingerprint density at radius 3 is 2.56 bits per heavy atom. The van der Waals surface area contributed by atoms with E-state index in [4.69, 9.17) is 4.74 Å². The Hall–Kier alpha value is -0.390. The predicted molar refractivity (Wildman–Crippen MR) is 77.7 cm³/mol. The predicted octanol–water partition coefficient (Wildman–Crippen LogP) is 2.60. The molecule has 4 nitrogen and oxygen atoms in total. The van der Waals surface area contributed by atoms with Crippen LogP contribution in [0.1, 0.15) is 32.2 Å². The van der Waals surface area contributed by atoms with Crippen LogP contribution in [0, 0.1) is 0 Å². The Labute approximate surface area is 118 Å². The van der Waals surface area contributed by atoms with Gasteiger partial charge in [0.2, 0.25) is 0 Å². The van der Waals surface area contributed by atoms with E-state index in [2.05, 4.69) is 46.7 Å². The minimum absolute atomic E-state index is 0.409. The van der Waals surface area contributed by atoms with Crippen LogP contribution in [0.4, 0.5) is 0 Å². The van der Waals surface area contributed by atoms with Crippen molar-refractivity contribution in [1.82, 2.24) is 14.7 Å². The van der Waals surface area contributed by atoms with Gasteiger partial charge in [-0.1, -0.05) is 13.8 Å². The summed E-state index contributed by atoms with van der Waals surface area (Å²) in [6, 6.07) is 0.409. The average Bonchev–Trinajstić information content (AvgIpc) is 2.62. The van der Waals surface area contributed by atoms with Gasteiger partial charge >= 0.3 is 0 Å². The van der Waals surface area contributed by atoms with Gasteiger partial charge in [-0.05, 0) is 35.8 Å². The second-order valence-corrected chi connectivity index (χ2v) is 5.34. The lowest BCUT2D eigenvalue weighted by Gasteiger charge is -2.27. The summed E-state index contributed by atoms with van der Waals surface area (Å²) in [6.45, 7) is 9.15. The Morgan fingerprint density at radius 2 is 2.11 bits per heavy atom. The van der Waals surface area contributed by atoms with E-state index in [1.165, 1.54) is 5.69 Å². The van der Waals surface area contributed by atoms with Crippen LogP contribution in [-0.4, -0.2) is 41.0 Å². The molecule has 1 heterocycles. The first-order valence-corrected chi connectivity index (χ1v) is 7.27. The second kappa shape index (κ2) is 7.26. The van der Waals surface area contributed by atoms with E-state index in [0.29, 0.717) is 6.04 Å². The fourth-order valence-electron chi connectivity index (χ4n) is 2.11. The highest BCUT2D eigenvalue weighted by atomic mass is 79.9. The molecule has 5 heteroatoms. The van der Waals surface area contributed by atoms with Gasteiger partial charge in [0.15, 0.2) is 0 Å². The molecule has 0 amide bonds. The maximum atomic E-state index is 5.24. The summed E-state index contributed by atoms with van der Waals surface area (Å²) < 4.78 is 8.36. The van der Waals surface area contributed by atoms with Crippen molar-refractivity contribution in [3.8, 4) is 0 Å². The largest absolute Gasteiger partial charge is 0.383 e. The van der Waals surface area contributed by atoms with Crippen LogP contribution in [-0.2, 0) is 24.8 Å². The first kappa shape index (κ1) is 15.7. The van der Waals surface area contributed by atoms with Gasteiger partial charge in [-0.25, -0.2) is 0 Å². The van der Waals surface area contributed by atoms with Crippen LogP contribution >= 0.6 is 15.9 Å². The highest BCUT2D eigenvalue weighted by Crippen LogP contribution is 2.23. The first-order chi connectivity index (χ1) is 8.54. The van der Waals surface area contributed by atoms with Gasteiger partial charge in [0.25, 0.3) is 0 Å². The highest BCUT2D eigenvalue weighted by Gasteiger charge is 2.18. The van der Waals surface area contributed by atoms with Crippen LogP contribution in [0.25, 0.3) is 0 Å². The molecule has 0 spiro atoms. The van der Waals surface area contributed by atoms with Gasteiger partial charge in [-0.15, -0.1) is 0 Å². The summed E-state index contributed by atoms with van der Waals surface area (Å²) in [4.78, 5) is 2.39. The van der Waals surface area contributed by atoms with Crippen LogP contribution in [0.3, 0.4) is 0 Å². The molecule has 0 saturated carbocycles. The molecule has 0 aromatic carbocycles. The molecule has 0 aliphatic heterocycles. The molecule has 0 radical (unpaired) electrons. The molecule has 1 aromatic heterocycles. The molecule has 1 atom stereocenters. The summed E-state index contributed by atoms with van der Waals surface area (Å²) in [6.07, 6.45) is 0.953. The van der Waals surface area contributed by atoms with Crippen molar-refractivity contribution in [2.24, 2.45) is 7.05 Å². The monoisotopic (exact) mass is 317 g/mol. The minimum atomic E-state index is 0.409. The number of likely N-dealkylation sites (N-methyl/N-ethyl adjacent to an activating group) is 1. The number of aromatic nitrogens is 2. The number of aryl methyl sites for hydroxylation is 2. The van der Waals surface area contributed by atoms with E-state index >= 15 is 0 Å². The molecule has 0 aliphatic rings. The number of halogens is 1. The smallest absolute Gasteiger partial charge is 0.0767 e. The molecule has 18 heavy (non-hydrogen) atoms. The standard InChI is InChI=1S/C13H24BrN3O/c1-6-11-13(14)12(16(4)15-11)8-17(7-2)10(3)9-18-5/h10H,6-9H2,1-5H3. The lowest BCUT2D eigenvalue weighted by atomic mass is 10.2. The number of nitrogens with zero attached hydrogens (tertiary/aromatic N) is 3. The highest BCUT2D eigenvalue weighted by molar-refractivity contribution is 9.10. The normalized spacial score (nSPS) is 13.3. The van der Waals surface area contributed by atoms with E-state index in [0.717, 1.165) is 36.3 Å². The number of hydrogen-bond donors (Lipinski definition) is 0. The molecule has 1 aromatic rings. The Bertz CT molecular complexity index is 379. The molecule has 0 aliphatic carbocycles. The van der Waals surface area contributed by atoms with E-state index in [-0.39, 0.29) is 0 Å². The first-order valence-electron chi connectivity index (χ1n) is 6.48. The molecule has 1 rings (SSSR count). The SMILES string of the molecule is CCc1nn(C)c(CN(CC)C(C)COC)c1Br. The molecule has 104 valence electrons. The van der Waals surface area contributed by atoms with Crippen LogP contribution < -0.4 is 0 Å². The minimum Gasteiger partial charge on any atom is -0.383 e. The molecule has 0 saturated heterocycles. The van der Waals surface area contributed by atoms with Gasteiger partial charge in [-0.3, -0.25) is 9.58 Å². The summed E-state index contributed by atoms with van der Waals surface area (Å²) in [7, 11) is 3.76. The molecular weight excluding hydrogens is 294 g/mol. The summed E-state index contributed by atoms with van der Waals surface area (Å²) >= 11 is 3.67. The molecule has 0 fully saturated rings. The fourth-order valence-corrected chi connectivity index (χ4v) is 2.85. The van der Waals surface area contributed by atoms with Crippen molar-refractivity contribution in [1.29, 1.82) is 0 Å². The van der Waals surface area contributed by atoms with E-state index < -0.39 is 0 Å². The quantitative estimate of drug-likeness (QED) is 0.774. The topological polar surface area (TPSA) is 30.3 Å². The van der Waals surface area contributed by atoms with E-state index in [1.807, 2.05) is 11.7 Å². The third kappa shape index (κ3) is 3.56. The van der Waals surface area contributed by atoms with Gasteiger partial charge < -0.3 is 4.74 Å². The number of methoxy groups -OCH3 is 1. The lowest BCUT2D eigenvalue weighted by Crippen LogP contribution is -2.36. The number of hydrogen-bond acceptors (Lipinski definition) is 3. The van der Waals surface area contributed by atoms with E-state index in [9.17, 15) is 0 Å². The third-order valence-electron chi connectivity index (χ3n) is 3.29. The van der Waals surface area contributed by atoms with Crippen molar-refractivity contribution < 1.29 is 4.74 Å².